The summed E-state index contributed by atoms with van der Waals surface area (Å²) >= 11 is 0. The van der Waals surface area contributed by atoms with Gasteiger partial charge in [0.1, 0.15) is 0 Å². The van der Waals surface area contributed by atoms with Gasteiger partial charge in [-0.3, -0.25) is 0 Å². The van der Waals surface area contributed by atoms with Crippen LogP contribution >= 0.6 is 0 Å². The van der Waals surface area contributed by atoms with Crippen LogP contribution in [0.4, 0.5) is 0 Å². The molecule has 1 aliphatic carbocycles. The van der Waals surface area contributed by atoms with Crippen molar-refractivity contribution in [3.63, 3.8) is 0 Å². The number of fused-ring (bicyclic) bond motifs is 1. The Balaban J connectivity index is 2.06. The van der Waals surface area contributed by atoms with E-state index < -0.39 is 0 Å². The van der Waals surface area contributed by atoms with Gasteiger partial charge in [-0.1, -0.05) is 0 Å². The van der Waals surface area contributed by atoms with Crippen LogP contribution in [0.15, 0.2) is 0 Å². The van der Waals surface area contributed by atoms with Crippen LogP contribution in [0.5, 0.6) is 0 Å². The number of nitrogens with two attached hydrogens (primary N) is 1. The van der Waals surface area contributed by atoms with Gasteiger partial charge in [-0.2, -0.15) is 0 Å². The maximum absolute atomic E-state index is 5.59. The topological polar surface area (TPSA) is 35.2 Å². The highest BCUT2D eigenvalue weighted by Gasteiger charge is 2.51. The van der Waals surface area contributed by atoms with E-state index in [9.17, 15) is 0 Å². The van der Waals surface area contributed by atoms with Crippen LogP contribution in [0, 0.1) is 11.8 Å². The van der Waals surface area contributed by atoms with Gasteiger partial charge < -0.3 is 10.5 Å². The standard InChI is InChI=1S/C5H9NO/c6-5-3-1-7-2-4(3)5/h3-5H,1-2,6H2/t3-,4-/m1/s1. The molecule has 2 aliphatic rings. The second-order valence-corrected chi connectivity index (χ2v) is 2.44. The molecule has 7 heavy (non-hydrogen) atoms. The smallest absolute Gasteiger partial charge is 0.0513 e. The molecule has 2 atom stereocenters. The van der Waals surface area contributed by atoms with E-state index in [1.54, 1.807) is 0 Å². The highest BCUT2D eigenvalue weighted by Crippen LogP contribution is 2.41. The molecule has 0 aromatic rings. The molecule has 1 aliphatic heterocycles. The Hall–Kier alpha value is -0.0800. The third-order valence-corrected chi connectivity index (χ3v) is 2.02. The Bertz CT molecular complexity index is 84.1. The minimum Gasteiger partial charge on any atom is -0.381 e. The van der Waals surface area contributed by atoms with Gasteiger partial charge in [-0.25, -0.2) is 0 Å². The van der Waals surface area contributed by atoms with Crippen LogP contribution in [-0.4, -0.2) is 19.3 Å². The van der Waals surface area contributed by atoms with Gasteiger partial charge in [0.15, 0.2) is 0 Å². The van der Waals surface area contributed by atoms with Gasteiger partial charge in [0.25, 0.3) is 0 Å². The molecule has 0 aromatic heterocycles. The number of hydrogen-bond donors (Lipinski definition) is 1. The zero-order valence-electron chi connectivity index (χ0n) is 4.13. The summed E-state index contributed by atoms with van der Waals surface area (Å²) in [6, 6.07) is 0.494. The zero-order valence-corrected chi connectivity index (χ0v) is 4.13. The fourth-order valence-corrected chi connectivity index (χ4v) is 1.28. The molecule has 2 nitrogen and oxygen atoms in total. The molecule has 1 heterocycles. The second-order valence-electron chi connectivity index (χ2n) is 2.44. The molecule has 0 amide bonds. The van der Waals surface area contributed by atoms with E-state index in [0.29, 0.717) is 6.04 Å². The molecule has 0 aromatic carbocycles. The molecule has 0 radical (unpaired) electrons. The number of rotatable bonds is 0. The Morgan fingerprint density at radius 1 is 1.29 bits per heavy atom. The van der Waals surface area contributed by atoms with E-state index in [0.717, 1.165) is 25.0 Å². The van der Waals surface area contributed by atoms with Gasteiger partial charge in [0.2, 0.25) is 0 Å². The minimum absolute atomic E-state index is 0.494. The average Bonchev–Trinajstić information content (AvgIpc) is 2.26. The Labute approximate surface area is 42.6 Å². The van der Waals surface area contributed by atoms with Crippen molar-refractivity contribution in [2.24, 2.45) is 17.6 Å². The zero-order chi connectivity index (χ0) is 4.85. The first-order valence-corrected chi connectivity index (χ1v) is 2.73. The highest BCUT2D eigenvalue weighted by molar-refractivity contribution is 5.03. The molecule has 40 valence electrons. The van der Waals surface area contributed by atoms with Crippen LogP contribution in [-0.2, 0) is 4.74 Å². The van der Waals surface area contributed by atoms with Crippen molar-refractivity contribution in [2.45, 2.75) is 6.04 Å². The van der Waals surface area contributed by atoms with Gasteiger partial charge in [0.05, 0.1) is 13.2 Å². The summed E-state index contributed by atoms with van der Waals surface area (Å²) in [5.41, 5.74) is 5.59. The van der Waals surface area contributed by atoms with Crippen LogP contribution in [0.3, 0.4) is 0 Å². The maximum Gasteiger partial charge on any atom is 0.0513 e. The van der Waals surface area contributed by atoms with Crippen LogP contribution in [0.1, 0.15) is 0 Å². The predicted molar refractivity (Wildman–Crippen MR) is 25.8 cm³/mol. The lowest BCUT2D eigenvalue weighted by Gasteiger charge is -1.93. The first kappa shape index (κ1) is 3.87. The van der Waals surface area contributed by atoms with Gasteiger partial charge >= 0.3 is 0 Å². The van der Waals surface area contributed by atoms with Gasteiger partial charge in [-0.15, -0.1) is 0 Å². The van der Waals surface area contributed by atoms with E-state index in [1.807, 2.05) is 0 Å². The average molecular weight is 99.1 g/mol. The maximum atomic E-state index is 5.59. The summed E-state index contributed by atoms with van der Waals surface area (Å²) in [6.45, 7) is 1.84. The normalized spacial score (nSPS) is 57.0. The van der Waals surface area contributed by atoms with E-state index in [1.165, 1.54) is 0 Å². The number of hydrogen-bond acceptors (Lipinski definition) is 2. The lowest BCUT2D eigenvalue weighted by molar-refractivity contribution is 0.160. The SMILES string of the molecule is NC1[C@@H]2COC[C@@H]12. The van der Waals surface area contributed by atoms with Crippen molar-refractivity contribution in [1.29, 1.82) is 0 Å². The second kappa shape index (κ2) is 1.01. The van der Waals surface area contributed by atoms with Crippen molar-refractivity contribution in [1.82, 2.24) is 0 Å². The summed E-state index contributed by atoms with van der Waals surface area (Å²) in [5.74, 6) is 1.47. The van der Waals surface area contributed by atoms with Crippen molar-refractivity contribution >= 4 is 0 Å². The molecule has 2 fully saturated rings. The molecule has 0 bridgehead atoms. The lowest BCUT2D eigenvalue weighted by atomic mass is 10.4. The summed E-state index contributed by atoms with van der Waals surface area (Å²) in [6.07, 6.45) is 0. The fraction of sp³-hybridized carbons (Fsp3) is 1.00. The molecule has 1 saturated carbocycles. The van der Waals surface area contributed by atoms with Crippen molar-refractivity contribution in [2.75, 3.05) is 13.2 Å². The number of ether oxygens (including phenoxy) is 1. The van der Waals surface area contributed by atoms with Crippen molar-refractivity contribution < 1.29 is 4.74 Å². The Morgan fingerprint density at radius 3 is 2.14 bits per heavy atom. The third kappa shape index (κ3) is 0.359. The van der Waals surface area contributed by atoms with E-state index in [-0.39, 0.29) is 0 Å². The molecule has 0 spiro atoms. The lowest BCUT2D eigenvalue weighted by Crippen LogP contribution is -2.11. The Morgan fingerprint density at radius 2 is 1.86 bits per heavy atom. The predicted octanol–water partition coefficient (Wildman–Crippen LogP) is -0.410. The van der Waals surface area contributed by atoms with Crippen LogP contribution in [0.25, 0.3) is 0 Å². The van der Waals surface area contributed by atoms with Gasteiger partial charge in [0, 0.05) is 17.9 Å². The first-order valence-electron chi connectivity index (χ1n) is 2.73. The fourth-order valence-electron chi connectivity index (χ4n) is 1.28. The highest BCUT2D eigenvalue weighted by atomic mass is 16.5. The van der Waals surface area contributed by atoms with E-state index in [2.05, 4.69) is 0 Å². The minimum atomic E-state index is 0.494. The summed E-state index contributed by atoms with van der Waals surface area (Å²) < 4.78 is 5.10. The molecule has 2 rings (SSSR count). The quantitative estimate of drug-likeness (QED) is 0.448. The van der Waals surface area contributed by atoms with Crippen LogP contribution < -0.4 is 5.73 Å². The largest absolute Gasteiger partial charge is 0.381 e. The van der Waals surface area contributed by atoms with Crippen molar-refractivity contribution in [3.8, 4) is 0 Å². The first-order chi connectivity index (χ1) is 3.39. The summed E-state index contributed by atoms with van der Waals surface area (Å²) in [5, 5.41) is 0. The third-order valence-electron chi connectivity index (χ3n) is 2.02. The summed E-state index contributed by atoms with van der Waals surface area (Å²) in [4.78, 5) is 0. The summed E-state index contributed by atoms with van der Waals surface area (Å²) in [7, 11) is 0. The van der Waals surface area contributed by atoms with Crippen LogP contribution in [0.2, 0.25) is 0 Å². The van der Waals surface area contributed by atoms with Gasteiger partial charge in [-0.05, 0) is 0 Å². The molecule has 2 N–H and O–H groups in total. The monoisotopic (exact) mass is 99.1 g/mol. The molecule has 1 saturated heterocycles. The molecule has 2 heteroatoms. The van der Waals surface area contributed by atoms with Crippen molar-refractivity contribution in [3.05, 3.63) is 0 Å². The Kier molecular flexibility index (Phi) is 0.557. The van der Waals surface area contributed by atoms with E-state index >= 15 is 0 Å². The molecule has 0 unspecified atom stereocenters. The molecular weight excluding hydrogens is 90.1 g/mol. The molecular formula is C5H9NO. The van der Waals surface area contributed by atoms with E-state index in [4.69, 9.17) is 10.5 Å².